The number of aliphatic imine (C=N–C) groups is 1. The van der Waals surface area contributed by atoms with Crippen LogP contribution in [-0.2, 0) is 4.74 Å². The number of likely N-dealkylation sites (tertiary alicyclic amines) is 1. The number of carbonyl (C=O) groups excluding carboxylic acids is 1. The quantitative estimate of drug-likeness (QED) is 0.734. The Morgan fingerprint density at radius 3 is 2.67 bits per heavy atom. The monoisotopic (exact) mass is 390 g/mol. The van der Waals surface area contributed by atoms with Crippen LogP contribution in [0.15, 0.2) is 39.8 Å². The highest BCUT2D eigenvalue weighted by atomic mass is 79.9. The Balaban J connectivity index is 1.74. The van der Waals surface area contributed by atoms with E-state index in [0.29, 0.717) is 6.54 Å². The number of amides is 1. The first-order chi connectivity index (χ1) is 11.3. The molecule has 2 heterocycles. The van der Waals surface area contributed by atoms with Crippen LogP contribution in [-0.4, -0.2) is 41.4 Å². The summed E-state index contributed by atoms with van der Waals surface area (Å²) in [5, 5.41) is 0. The maximum atomic E-state index is 12.4. The molecule has 2 aliphatic heterocycles. The fraction of sp³-hybridized carbons (Fsp3) is 0.474. The number of hydrogen-bond donors (Lipinski definition) is 0. The van der Waals surface area contributed by atoms with Crippen LogP contribution in [0.25, 0.3) is 5.57 Å². The summed E-state index contributed by atoms with van der Waals surface area (Å²) in [4.78, 5) is 19.0. The predicted molar refractivity (Wildman–Crippen MR) is 100 cm³/mol. The topological polar surface area (TPSA) is 41.9 Å². The molecule has 1 saturated heterocycles. The third-order valence-corrected chi connectivity index (χ3v) is 4.72. The maximum Gasteiger partial charge on any atom is 0.410 e. The van der Waals surface area contributed by atoms with Gasteiger partial charge >= 0.3 is 6.09 Å². The lowest BCUT2D eigenvalue weighted by molar-refractivity contribution is 0.0266. The molecule has 0 aromatic heterocycles. The summed E-state index contributed by atoms with van der Waals surface area (Å²) >= 11 is 3.46. The lowest BCUT2D eigenvalue weighted by Gasteiger charge is -2.28. The molecule has 0 saturated carbocycles. The molecule has 1 aromatic carbocycles. The number of benzene rings is 1. The van der Waals surface area contributed by atoms with Gasteiger partial charge in [-0.15, -0.1) is 0 Å². The van der Waals surface area contributed by atoms with E-state index in [4.69, 9.17) is 4.74 Å². The second-order valence-electron chi connectivity index (χ2n) is 7.25. The van der Waals surface area contributed by atoms with Gasteiger partial charge in [-0.2, -0.15) is 0 Å². The largest absolute Gasteiger partial charge is 0.444 e. The Kier molecular flexibility index (Phi) is 4.81. The van der Waals surface area contributed by atoms with E-state index >= 15 is 0 Å². The van der Waals surface area contributed by atoms with Crippen molar-refractivity contribution in [3.8, 4) is 0 Å². The smallest absolute Gasteiger partial charge is 0.410 e. The first-order valence-electron chi connectivity index (χ1n) is 8.34. The molecule has 0 unspecified atom stereocenters. The highest BCUT2D eigenvalue weighted by Gasteiger charge is 2.35. The molecule has 1 atom stereocenters. The maximum absolute atomic E-state index is 12.4. The summed E-state index contributed by atoms with van der Waals surface area (Å²) in [6.07, 6.45) is 3.83. The van der Waals surface area contributed by atoms with Crippen molar-refractivity contribution < 1.29 is 9.53 Å². The van der Waals surface area contributed by atoms with Gasteiger partial charge in [-0.25, -0.2) is 4.79 Å². The number of hydrogen-bond acceptors (Lipinski definition) is 3. The normalized spacial score (nSPS) is 20.8. The van der Waals surface area contributed by atoms with Crippen molar-refractivity contribution in [2.75, 3.05) is 13.1 Å². The molecule has 0 spiro atoms. The summed E-state index contributed by atoms with van der Waals surface area (Å²) in [6, 6.07) is 8.30. The van der Waals surface area contributed by atoms with E-state index in [1.807, 2.05) is 37.8 Å². The first-order valence-corrected chi connectivity index (χ1v) is 9.13. The number of halogens is 1. The van der Waals surface area contributed by atoms with Crippen molar-refractivity contribution in [2.24, 2.45) is 4.99 Å². The molecule has 4 nitrogen and oxygen atoms in total. The minimum Gasteiger partial charge on any atom is -0.444 e. The second-order valence-corrected chi connectivity index (χ2v) is 8.17. The molecule has 2 aliphatic rings. The van der Waals surface area contributed by atoms with E-state index < -0.39 is 5.60 Å². The SMILES string of the molecule is CC(C)(C)OC(=O)N1CCC[C@H]1C1=NCC(c2ccc(Br)cc2)=C1. The van der Waals surface area contributed by atoms with Crippen LogP contribution in [0.3, 0.4) is 0 Å². The van der Waals surface area contributed by atoms with Gasteiger partial charge in [-0.05, 0) is 63.0 Å². The molecule has 0 N–H and O–H groups in total. The molecular weight excluding hydrogens is 368 g/mol. The average Bonchev–Trinajstić information content (AvgIpc) is 3.15. The van der Waals surface area contributed by atoms with E-state index in [1.165, 1.54) is 11.1 Å². The minimum absolute atomic E-state index is 0.0350. The van der Waals surface area contributed by atoms with Crippen LogP contribution >= 0.6 is 15.9 Å². The number of rotatable bonds is 2. The Morgan fingerprint density at radius 1 is 1.29 bits per heavy atom. The zero-order valence-corrected chi connectivity index (χ0v) is 16.0. The number of nitrogens with zero attached hydrogens (tertiary/aromatic N) is 2. The lowest BCUT2D eigenvalue weighted by Crippen LogP contribution is -2.42. The lowest BCUT2D eigenvalue weighted by atomic mass is 10.0. The second kappa shape index (κ2) is 6.71. The molecule has 3 rings (SSSR count). The van der Waals surface area contributed by atoms with Crippen molar-refractivity contribution in [1.29, 1.82) is 0 Å². The van der Waals surface area contributed by atoms with Crippen molar-refractivity contribution in [3.05, 3.63) is 40.4 Å². The van der Waals surface area contributed by atoms with Crippen LogP contribution in [0.5, 0.6) is 0 Å². The molecule has 24 heavy (non-hydrogen) atoms. The van der Waals surface area contributed by atoms with Gasteiger partial charge in [0.2, 0.25) is 0 Å². The summed E-state index contributed by atoms with van der Waals surface area (Å²) in [5.74, 6) is 0. The summed E-state index contributed by atoms with van der Waals surface area (Å²) in [6.45, 7) is 7.10. The van der Waals surface area contributed by atoms with Gasteiger partial charge in [0.1, 0.15) is 5.60 Å². The van der Waals surface area contributed by atoms with Gasteiger partial charge in [-0.1, -0.05) is 28.1 Å². The molecule has 0 bridgehead atoms. The predicted octanol–water partition coefficient (Wildman–Crippen LogP) is 4.69. The van der Waals surface area contributed by atoms with Gasteiger partial charge in [0, 0.05) is 11.0 Å². The van der Waals surface area contributed by atoms with Crippen molar-refractivity contribution in [1.82, 2.24) is 4.90 Å². The standard InChI is InChI=1S/C19H23BrN2O2/c1-19(2,3)24-18(23)22-10-4-5-17(22)16-11-14(12-21-16)13-6-8-15(20)9-7-13/h6-9,11,17H,4-5,10,12H2,1-3H3/t17-/m0/s1. The van der Waals surface area contributed by atoms with Crippen LogP contribution in [0, 0.1) is 0 Å². The van der Waals surface area contributed by atoms with E-state index in [1.54, 1.807) is 0 Å². The number of ether oxygens (including phenoxy) is 1. The van der Waals surface area contributed by atoms with E-state index in [9.17, 15) is 4.79 Å². The molecule has 128 valence electrons. The minimum atomic E-state index is -0.472. The summed E-state index contributed by atoms with van der Waals surface area (Å²) in [7, 11) is 0. The number of carbonyl (C=O) groups is 1. The molecule has 5 heteroatoms. The average molecular weight is 391 g/mol. The van der Waals surface area contributed by atoms with Gasteiger partial charge in [0.25, 0.3) is 0 Å². The molecule has 1 amide bonds. The Labute approximate surface area is 151 Å². The highest BCUT2D eigenvalue weighted by Crippen LogP contribution is 2.28. The fourth-order valence-corrected chi connectivity index (χ4v) is 3.36. The third-order valence-electron chi connectivity index (χ3n) is 4.19. The highest BCUT2D eigenvalue weighted by molar-refractivity contribution is 9.10. The third kappa shape index (κ3) is 3.89. The molecular formula is C19H23BrN2O2. The van der Waals surface area contributed by atoms with Gasteiger partial charge in [-0.3, -0.25) is 9.89 Å². The van der Waals surface area contributed by atoms with Gasteiger partial charge < -0.3 is 4.74 Å². The van der Waals surface area contributed by atoms with Crippen molar-refractivity contribution in [2.45, 2.75) is 45.3 Å². The summed E-state index contributed by atoms with van der Waals surface area (Å²) < 4.78 is 6.61. The molecule has 1 fully saturated rings. The van der Waals surface area contributed by atoms with E-state index in [0.717, 1.165) is 29.6 Å². The van der Waals surface area contributed by atoms with Crippen molar-refractivity contribution >= 4 is 33.3 Å². The summed E-state index contributed by atoms with van der Waals surface area (Å²) in [5.41, 5.74) is 2.91. The first kappa shape index (κ1) is 17.2. The van der Waals surface area contributed by atoms with Crippen LogP contribution in [0.4, 0.5) is 4.79 Å². The Bertz CT molecular complexity index is 686. The van der Waals surface area contributed by atoms with E-state index in [-0.39, 0.29) is 12.1 Å². The van der Waals surface area contributed by atoms with Crippen molar-refractivity contribution in [3.63, 3.8) is 0 Å². The fourth-order valence-electron chi connectivity index (χ4n) is 3.10. The van der Waals surface area contributed by atoms with Gasteiger partial charge in [0.05, 0.1) is 18.3 Å². The molecule has 0 aliphatic carbocycles. The van der Waals surface area contributed by atoms with Crippen LogP contribution in [0.2, 0.25) is 0 Å². The van der Waals surface area contributed by atoms with E-state index in [2.05, 4.69) is 39.1 Å². The zero-order valence-electron chi connectivity index (χ0n) is 14.4. The molecule has 1 aromatic rings. The Hall–Kier alpha value is -1.62. The van der Waals surface area contributed by atoms with Crippen LogP contribution < -0.4 is 0 Å². The molecule has 0 radical (unpaired) electrons. The van der Waals surface area contributed by atoms with Gasteiger partial charge in [0.15, 0.2) is 0 Å². The van der Waals surface area contributed by atoms with Crippen LogP contribution in [0.1, 0.15) is 39.2 Å². The zero-order chi connectivity index (χ0) is 17.3. The Morgan fingerprint density at radius 2 is 2.00 bits per heavy atom.